The Hall–Kier alpha value is -2.48. The largest absolute Gasteiger partial charge is 0.491 e. The van der Waals surface area contributed by atoms with Gasteiger partial charge in [-0.1, -0.05) is 6.42 Å². The van der Waals surface area contributed by atoms with Crippen LogP contribution in [0.4, 0.5) is 4.39 Å². The van der Waals surface area contributed by atoms with Gasteiger partial charge in [0.2, 0.25) is 11.8 Å². The van der Waals surface area contributed by atoms with Gasteiger partial charge in [0.1, 0.15) is 6.04 Å². The molecule has 3 rings (SSSR count). The maximum Gasteiger partial charge on any atom is 0.255 e. The minimum Gasteiger partial charge on any atom is -0.491 e. The van der Waals surface area contributed by atoms with E-state index in [4.69, 9.17) is 9.84 Å². The number of benzene rings is 1. The highest BCUT2D eigenvalue weighted by Gasteiger charge is 2.39. The topological polar surface area (TPSA) is 95.9 Å². The number of carbonyl (C=O) groups is 3. The molecule has 2 heterocycles. The molecule has 2 aliphatic rings. The Kier molecular flexibility index (Phi) is 6.05. The third kappa shape index (κ3) is 4.27. The van der Waals surface area contributed by atoms with Crippen molar-refractivity contribution >= 4 is 17.7 Å². The quantitative estimate of drug-likeness (QED) is 0.528. The highest BCUT2D eigenvalue weighted by atomic mass is 19.1. The summed E-state index contributed by atoms with van der Waals surface area (Å²) in [4.78, 5) is 37.3. The van der Waals surface area contributed by atoms with Gasteiger partial charge in [-0.05, 0) is 43.4 Å². The van der Waals surface area contributed by atoms with Gasteiger partial charge in [-0.25, -0.2) is 4.39 Å². The predicted molar refractivity (Wildman–Crippen MR) is 93.5 cm³/mol. The number of fused-ring (bicyclic) bond motifs is 1. The first-order chi connectivity index (χ1) is 13.0. The third-order valence-corrected chi connectivity index (χ3v) is 4.89. The van der Waals surface area contributed by atoms with Crippen LogP contribution in [-0.2, 0) is 16.1 Å². The number of unbranched alkanes of at least 4 members (excludes halogenated alkanes) is 3. The number of nitrogens with zero attached hydrogens (tertiary/aromatic N) is 1. The highest BCUT2D eigenvalue weighted by molar-refractivity contribution is 6.05. The van der Waals surface area contributed by atoms with E-state index in [-0.39, 0.29) is 43.2 Å². The molecule has 1 saturated heterocycles. The molecule has 0 radical (unpaired) electrons. The number of amides is 3. The maximum absolute atomic E-state index is 14.3. The molecule has 0 saturated carbocycles. The van der Waals surface area contributed by atoms with Gasteiger partial charge in [-0.15, -0.1) is 0 Å². The summed E-state index contributed by atoms with van der Waals surface area (Å²) in [5.41, 5.74) is 0.842. The molecule has 7 nitrogen and oxygen atoms in total. The van der Waals surface area contributed by atoms with E-state index in [1.165, 1.54) is 11.0 Å². The SMILES string of the molecule is O=C1CCC(N2Cc3cc(OCCCCCCO)c(F)cc3C2=O)C(=O)N1. The molecule has 3 amide bonds. The molecular weight excluding hydrogens is 355 g/mol. The molecule has 0 spiro atoms. The molecule has 0 aliphatic carbocycles. The average molecular weight is 378 g/mol. The molecule has 2 N–H and O–H groups in total. The van der Waals surface area contributed by atoms with Crippen LogP contribution >= 0.6 is 0 Å². The van der Waals surface area contributed by atoms with Crippen LogP contribution in [0, 0.1) is 5.82 Å². The van der Waals surface area contributed by atoms with Crippen LogP contribution in [0.15, 0.2) is 12.1 Å². The summed E-state index contributed by atoms with van der Waals surface area (Å²) in [6.45, 7) is 0.706. The van der Waals surface area contributed by atoms with E-state index in [0.29, 0.717) is 12.2 Å². The van der Waals surface area contributed by atoms with Gasteiger partial charge in [0.15, 0.2) is 11.6 Å². The Bertz CT molecular complexity index is 752. The Morgan fingerprint density at radius 3 is 2.70 bits per heavy atom. The lowest BCUT2D eigenvalue weighted by atomic mass is 10.0. The molecule has 8 heteroatoms. The van der Waals surface area contributed by atoms with Crippen molar-refractivity contribution in [1.29, 1.82) is 0 Å². The van der Waals surface area contributed by atoms with Crippen molar-refractivity contribution in [3.8, 4) is 5.75 Å². The molecule has 1 aromatic carbocycles. The predicted octanol–water partition coefficient (Wildman–Crippen LogP) is 1.52. The Balaban J connectivity index is 1.64. The van der Waals surface area contributed by atoms with Crippen LogP contribution in [0.5, 0.6) is 5.75 Å². The number of ether oxygens (including phenoxy) is 1. The van der Waals surface area contributed by atoms with E-state index in [2.05, 4.69) is 5.32 Å². The second-order valence-electron chi connectivity index (χ2n) is 6.83. The number of nitrogens with one attached hydrogen (secondary N) is 1. The molecule has 1 fully saturated rings. The normalized spacial score (nSPS) is 19.3. The fourth-order valence-corrected chi connectivity index (χ4v) is 3.43. The van der Waals surface area contributed by atoms with E-state index in [1.807, 2.05) is 0 Å². The van der Waals surface area contributed by atoms with Crippen LogP contribution in [0.2, 0.25) is 0 Å². The first-order valence-corrected chi connectivity index (χ1v) is 9.22. The first kappa shape index (κ1) is 19.3. The van der Waals surface area contributed by atoms with Gasteiger partial charge >= 0.3 is 0 Å². The Morgan fingerprint density at radius 2 is 1.96 bits per heavy atom. The highest BCUT2D eigenvalue weighted by Crippen LogP contribution is 2.32. The van der Waals surface area contributed by atoms with Gasteiger partial charge in [0.05, 0.1) is 6.61 Å². The van der Waals surface area contributed by atoms with Crippen molar-refractivity contribution in [3.05, 3.63) is 29.1 Å². The zero-order chi connectivity index (χ0) is 19.4. The van der Waals surface area contributed by atoms with E-state index in [0.717, 1.165) is 31.7 Å². The molecule has 1 aromatic rings. The van der Waals surface area contributed by atoms with E-state index in [1.54, 1.807) is 0 Å². The van der Waals surface area contributed by atoms with Gasteiger partial charge in [-0.2, -0.15) is 0 Å². The average Bonchev–Trinajstić information content (AvgIpc) is 2.94. The fraction of sp³-hybridized carbons (Fsp3) is 0.526. The zero-order valence-electron chi connectivity index (χ0n) is 15.0. The summed E-state index contributed by atoms with van der Waals surface area (Å²) < 4.78 is 19.8. The molecule has 1 atom stereocenters. The molecule has 146 valence electrons. The van der Waals surface area contributed by atoms with Gasteiger partial charge < -0.3 is 14.7 Å². The number of aliphatic hydroxyl groups is 1. The van der Waals surface area contributed by atoms with E-state index in [9.17, 15) is 18.8 Å². The Morgan fingerprint density at radius 1 is 1.19 bits per heavy atom. The van der Waals surface area contributed by atoms with Crippen LogP contribution in [0.3, 0.4) is 0 Å². The molecule has 0 bridgehead atoms. The maximum atomic E-state index is 14.3. The van der Waals surface area contributed by atoms with E-state index >= 15 is 0 Å². The smallest absolute Gasteiger partial charge is 0.255 e. The van der Waals surface area contributed by atoms with Gasteiger partial charge in [0.25, 0.3) is 5.91 Å². The number of halogens is 1. The van der Waals surface area contributed by atoms with Crippen molar-refractivity contribution in [2.45, 2.75) is 51.1 Å². The minimum absolute atomic E-state index is 0.0915. The standard InChI is InChI=1S/C19H23FN2O5/c20-14-10-13-12(9-16(14)27-8-4-2-1-3-7-23)11-22(19(13)26)15-5-6-17(24)21-18(15)25/h9-10,15,23H,1-8,11H2,(H,21,24,25). The number of imide groups is 1. The number of rotatable bonds is 8. The first-order valence-electron chi connectivity index (χ1n) is 9.22. The Labute approximate surface area is 156 Å². The van der Waals surface area contributed by atoms with Crippen LogP contribution in [-0.4, -0.2) is 47.0 Å². The summed E-state index contributed by atoms with van der Waals surface area (Å²) in [5, 5.41) is 11.0. The van der Waals surface area contributed by atoms with Crippen LogP contribution < -0.4 is 10.1 Å². The molecule has 1 unspecified atom stereocenters. The number of piperidine rings is 1. The van der Waals surface area contributed by atoms with Crippen LogP contribution in [0.25, 0.3) is 0 Å². The molecule has 27 heavy (non-hydrogen) atoms. The molecular formula is C19H23FN2O5. The van der Waals surface area contributed by atoms with E-state index < -0.39 is 23.7 Å². The van der Waals surface area contributed by atoms with Crippen molar-refractivity contribution in [2.75, 3.05) is 13.2 Å². The zero-order valence-corrected chi connectivity index (χ0v) is 15.0. The van der Waals surface area contributed by atoms with Crippen molar-refractivity contribution in [1.82, 2.24) is 10.2 Å². The number of hydrogen-bond donors (Lipinski definition) is 2. The summed E-state index contributed by atoms with van der Waals surface area (Å²) in [7, 11) is 0. The lowest BCUT2D eigenvalue weighted by Gasteiger charge is -2.29. The third-order valence-electron chi connectivity index (χ3n) is 4.89. The number of aliphatic hydroxyl groups excluding tert-OH is 1. The minimum atomic E-state index is -0.721. The summed E-state index contributed by atoms with van der Waals surface area (Å²) in [6.07, 6.45) is 3.71. The number of carbonyl (C=O) groups excluding carboxylic acids is 3. The molecule has 2 aliphatic heterocycles. The van der Waals surface area contributed by atoms with Gasteiger partial charge in [-0.3, -0.25) is 19.7 Å². The molecule has 0 aromatic heterocycles. The van der Waals surface area contributed by atoms with Crippen molar-refractivity contribution in [2.24, 2.45) is 0 Å². The summed E-state index contributed by atoms with van der Waals surface area (Å²) in [6, 6.07) is 1.95. The second kappa shape index (κ2) is 8.47. The summed E-state index contributed by atoms with van der Waals surface area (Å²) >= 11 is 0. The lowest BCUT2D eigenvalue weighted by molar-refractivity contribution is -0.136. The van der Waals surface area contributed by atoms with Crippen LogP contribution in [0.1, 0.15) is 54.4 Å². The number of hydrogen-bond acceptors (Lipinski definition) is 5. The van der Waals surface area contributed by atoms with Gasteiger partial charge in [0, 0.05) is 25.1 Å². The lowest BCUT2D eigenvalue weighted by Crippen LogP contribution is -2.52. The van der Waals surface area contributed by atoms with Crippen molar-refractivity contribution < 1.29 is 28.6 Å². The monoisotopic (exact) mass is 378 g/mol. The fourth-order valence-electron chi connectivity index (χ4n) is 3.43. The summed E-state index contributed by atoms with van der Waals surface area (Å²) in [5.74, 6) is -1.77. The second-order valence-corrected chi connectivity index (χ2v) is 6.83. The van der Waals surface area contributed by atoms with Crippen molar-refractivity contribution in [3.63, 3.8) is 0 Å².